The third kappa shape index (κ3) is 1.69. The number of pyridine rings is 1. The van der Waals surface area contributed by atoms with Crippen LogP contribution in [0.1, 0.15) is 19.4 Å². The number of fused-ring (bicyclic) bond motifs is 3. The first-order chi connectivity index (χ1) is 9.63. The Morgan fingerprint density at radius 1 is 1.45 bits per heavy atom. The van der Waals surface area contributed by atoms with E-state index < -0.39 is 12.0 Å². The molecule has 20 heavy (non-hydrogen) atoms. The number of nitrogen functional groups attached to an aromatic ring is 1. The number of carbonyl (C=O) groups is 1. The van der Waals surface area contributed by atoms with Crippen molar-refractivity contribution in [3.8, 4) is 0 Å². The smallest absolute Gasteiger partial charge is 0.326 e. The second-order valence-electron chi connectivity index (χ2n) is 4.63. The molecule has 0 aliphatic rings. The van der Waals surface area contributed by atoms with Crippen LogP contribution in [0.25, 0.3) is 21.9 Å². The fraction of sp³-hybridized carbons (Fsp3) is 0.214. The highest BCUT2D eigenvalue weighted by Gasteiger charge is 2.21. The number of hydrogen-bond donors (Lipinski definition) is 2. The van der Waals surface area contributed by atoms with Gasteiger partial charge < -0.3 is 15.4 Å². The van der Waals surface area contributed by atoms with E-state index in [1.165, 1.54) is 6.33 Å². The number of nitrogens with zero attached hydrogens (tertiary/aromatic N) is 3. The van der Waals surface area contributed by atoms with E-state index in [4.69, 9.17) is 5.73 Å². The Balaban J connectivity index is 2.43. The molecule has 1 atom stereocenters. The summed E-state index contributed by atoms with van der Waals surface area (Å²) >= 11 is 0. The first-order valence-electron chi connectivity index (χ1n) is 6.37. The molecule has 0 saturated heterocycles. The van der Waals surface area contributed by atoms with Crippen LogP contribution in [-0.4, -0.2) is 25.6 Å². The van der Waals surface area contributed by atoms with Crippen LogP contribution in [0, 0.1) is 0 Å². The molecule has 3 rings (SSSR count). The van der Waals surface area contributed by atoms with Gasteiger partial charge in [0.05, 0.1) is 17.4 Å². The van der Waals surface area contributed by atoms with Crippen molar-refractivity contribution < 1.29 is 9.90 Å². The van der Waals surface area contributed by atoms with Crippen LogP contribution in [0.3, 0.4) is 0 Å². The van der Waals surface area contributed by atoms with E-state index in [1.807, 2.05) is 31.2 Å². The van der Waals surface area contributed by atoms with Crippen LogP contribution >= 0.6 is 0 Å². The molecule has 0 amide bonds. The van der Waals surface area contributed by atoms with Crippen LogP contribution in [0.5, 0.6) is 0 Å². The van der Waals surface area contributed by atoms with Crippen molar-refractivity contribution in [3.05, 3.63) is 30.6 Å². The highest BCUT2D eigenvalue weighted by atomic mass is 16.4. The number of hydrogen-bond acceptors (Lipinski definition) is 4. The number of para-hydroxylation sites is 1. The van der Waals surface area contributed by atoms with Crippen molar-refractivity contribution in [2.75, 3.05) is 5.73 Å². The minimum atomic E-state index is -0.883. The summed E-state index contributed by atoms with van der Waals surface area (Å²) in [4.78, 5) is 19.9. The molecule has 6 nitrogen and oxygen atoms in total. The van der Waals surface area contributed by atoms with Gasteiger partial charge in [0.25, 0.3) is 0 Å². The number of benzene rings is 1. The molecular formula is C14H14N4O2. The minimum absolute atomic E-state index is 0.317. The number of carboxylic acids is 1. The lowest BCUT2D eigenvalue weighted by Gasteiger charge is -2.13. The van der Waals surface area contributed by atoms with Gasteiger partial charge in [0.15, 0.2) is 5.82 Å². The summed E-state index contributed by atoms with van der Waals surface area (Å²) in [6.07, 6.45) is 1.99. The van der Waals surface area contributed by atoms with E-state index in [9.17, 15) is 9.90 Å². The maximum absolute atomic E-state index is 11.4. The van der Waals surface area contributed by atoms with Crippen molar-refractivity contribution in [2.24, 2.45) is 0 Å². The highest BCUT2D eigenvalue weighted by Crippen LogP contribution is 2.29. The second-order valence-corrected chi connectivity index (χ2v) is 4.63. The molecule has 1 aromatic carbocycles. The molecule has 0 fully saturated rings. The highest BCUT2D eigenvalue weighted by molar-refractivity contribution is 6.06. The molecule has 2 heterocycles. The van der Waals surface area contributed by atoms with Crippen LogP contribution < -0.4 is 5.73 Å². The van der Waals surface area contributed by atoms with Gasteiger partial charge in [0, 0.05) is 5.39 Å². The van der Waals surface area contributed by atoms with Gasteiger partial charge in [0.1, 0.15) is 11.6 Å². The fourth-order valence-electron chi connectivity index (χ4n) is 2.50. The molecule has 102 valence electrons. The average Bonchev–Trinajstić information content (AvgIpc) is 2.85. The molecule has 2 aromatic heterocycles. The minimum Gasteiger partial charge on any atom is -0.480 e. The molecule has 0 aliphatic heterocycles. The summed E-state index contributed by atoms with van der Waals surface area (Å²) in [6.45, 7) is 1.83. The third-order valence-electron chi connectivity index (χ3n) is 3.44. The molecule has 0 radical (unpaired) electrons. The van der Waals surface area contributed by atoms with Gasteiger partial charge in [-0.15, -0.1) is 0 Å². The normalized spacial score (nSPS) is 12.8. The van der Waals surface area contributed by atoms with Crippen LogP contribution in [0.4, 0.5) is 5.82 Å². The Labute approximate surface area is 114 Å². The second kappa shape index (κ2) is 4.48. The predicted molar refractivity (Wildman–Crippen MR) is 76.4 cm³/mol. The number of aliphatic carboxylic acids is 1. The molecule has 0 saturated carbocycles. The Morgan fingerprint density at radius 3 is 2.90 bits per heavy atom. The number of imidazole rings is 1. The lowest BCUT2D eigenvalue weighted by atomic mass is 10.1. The van der Waals surface area contributed by atoms with Crippen LogP contribution in [0.15, 0.2) is 30.6 Å². The predicted octanol–water partition coefficient (Wildman–Crippen LogP) is 2.20. The summed E-state index contributed by atoms with van der Waals surface area (Å²) in [6, 6.07) is 6.85. The number of anilines is 1. The van der Waals surface area contributed by atoms with E-state index >= 15 is 0 Å². The zero-order valence-corrected chi connectivity index (χ0v) is 10.9. The molecule has 0 spiro atoms. The summed E-state index contributed by atoms with van der Waals surface area (Å²) in [7, 11) is 0. The van der Waals surface area contributed by atoms with Gasteiger partial charge in [-0.1, -0.05) is 25.1 Å². The number of nitrogens with two attached hydrogens (primary N) is 1. The molecular weight excluding hydrogens is 256 g/mol. The summed E-state index contributed by atoms with van der Waals surface area (Å²) < 4.78 is 1.66. The zero-order valence-electron chi connectivity index (χ0n) is 10.9. The number of rotatable bonds is 3. The van der Waals surface area contributed by atoms with Gasteiger partial charge in [-0.05, 0) is 12.5 Å². The summed E-state index contributed by atoms with van der Waals surface area (Å²) in [5.41, 5.74) is 7.92. The monoisotopic (exact) mass is 270 g/mol. The van der Waals surface area contributed by atoms with E-state index in [1.54, 1.807) is 4.57 Å². The van der Waals surface area contributed by atoms with Gasteiger partial charge >= 0.3 is 5.97 Å². The van der Waals surface area contributed by atoms with E-state index in [0.717, 1.165) is 16.4 Å². The van der Waals surface area contributed by atoms with Crippen LogP contribution in [0.2, 0.25) is 0 Å². The topological polar surface area (TPSA) is 94.0 Å². The Bertz CT molecular complexity index is 809. The van der Waals surface area contributed by atoms with Crippen molar-refractivity contribution in [2.45, 2.75) is 19.4 Å². The Kier molecular flexibility index (Phi) is 2.78. The standard InChI is InChI=1S/C14H14N4O2/c1-2-10(14(19)20)18-7-16-11-12(18)8-5-3-4-6-9(8)17-13(11)15/h3-7,10H,2H2,1H3,(H2,15,17)(H,19,20). The third-order valence-corrected chi connectivity index (χ3v) is 3.44. The average molecular weight is 270 g/mol. The first-order valence-corrected chi connectivity index (χ1v) is 6.37. The lowest BCUT2D eigenvalue weighted by Crippen LogP contribution is -2.17. The van der Waals surface area contributed by atoms with Gasteiger partial charge in [-0.25, -0.2) is 14.8 Å². The zero-order chi connectivity index (χ0) is 14.3. The molecule has 1 unspecified atom stereocenters. The van der Waals surface area contributed by atoms with Gasteiger partial charge in [0.2, 0.25) is 0 Å². The lowest BCUT2D eigenvalue weighted by molar-refractivity contribution is -0.140. The fourth-order valence-corrected chi connectivity index (χ4v) is 2.50. The molecule has 3 N–H and O–H groups in total. The summed E-state index contributed by atoms with van der Waals surface area (Å²) in [5.74, 6) is -0.566. The van der Waals surface area contributed by atoms with E-state index in [-0.39, 0.29) is 0 Å². The largest absolute Gasteiger partial charge is 0.480 e. The maximum Gasteiger partial charge on any atom is 0.326 e. The van der Waals surface area contributed by atoms with Crippen molar-refractivity contribution in [1.82, 2.24) is 14.5 Å². The Hall–Kier alpha value is -2.63. The molecule has 3 aromatic rings. The maximum atomic E-state index is 11.4. The number of aromatic nitrogens is 3. The molecule has 0 bridgehead atoms. The van der Waals surface area contributed by atoms with Gasteiger partial charge in [-0.2, -0.15) is 0 Å². The van der Waals surface area contributed by atoms with Crippen molar-refractivity contribution in [3.63, 3.8) is 0 Å². The van der Waals surface area contributed by atoms with E-state index in [2.05, 4.69) is 9.97 Å². The molecule has 0 aliphatic carbocycles. The number of carboxylic acid groups (broad SMARTS) is 1. The van der Waals surface area contributed by atoms with Gasteiger partial charge in [-0.3, -0.25) is 0 Å². The first kappa shape index (κ1) is 12.4. The molecule has 6 heteroatoms. The summed E-state index contributed by atoms with van der Waals surface area (Å²) in [5, 5.41) is 10.2. The van der Waals surface area contributed by atoms with E-state index in [0.29, 0.717) is 17.8 Å². The Morgan fingerprint density at radius 2 is 2.20 bits per heavy atom. The van der Waals surface area contributed by atoms with Crippen molar-refractivity contribution >= 4 is 33.7 Å². The van der Waals surface area contributed by atoms with Crippen LogP contribution in [-0.2, 0) is 4.79 Å². The SMILES string of the molecule is CCC(C(=O)O)n1cnc2c(N)nc3ccccc3c21. The quantitative estimate of drug-likeness (QED) is 0.760. The van der Waals surface area contributed by atoms with Crippen molar-refractivity contribution in [1.29, 1.82) is 0 Å².